The summed E-state index contributed by atoms with van der Waals surface area (Å²) in [5.74, 6) is 0.102. The van der Waals surface area contributed by atoms with Crippen molar-refractivity contribution < 1.29 is 18.9 Å². The maximum atomic E-state index is 12.7. The number of carbonyl (C=O) groups is 1. The summed E-state index contributed by atoms with van der Waals surface area (Å²) in [7, 11) is -1.34. The second-order valence-corrected chi connectivity index (χ2v) is 9.61. The molecule has 1 saturated heterocycles. The fourth-order valence-corrected chi connectivity index (χ4v) is 5.41. The molecule has 0 aromatic carbocycles. The lowest BCUT2D eigenvalue weighted by Crippen LogP contribution is -2.38. The van der Waals surface area contributed by atoms with Gasteiger partial charge in [0.1, 0.15) is 0 Å². The summed E-state index contributed by atoms with van der Waals surface area (Å²) in [4.78, 5) is 14.4. The second kappa shape index (κ2) is 14.3. The van der Waals surface area contributed by atoms with Crippen LogP contribution >= 0.6 is 8.53 Å². The van der Waals surface area contributed by atoms with Crippen molar-refractivity contribution >= 4 is 14.4 Å². The molecule has 1 amide bonds. The summed E-state index contributed by atoms with van der Waals surface area (Å²) in [5.41, 5.74) is 0. The maximum Gasteiger partial charge on any atom is 0.259 e. The van der Waals surface area contributed by atoms with Crippen LogP contribution in [0.5, 0.6) is 0 Å². The van der Waals surface area contributed by atoms with Crippen LogP contribution in [0.2, 0.25) is 0 Å². The number of unbranched alkanes of at least 4 members (excludes halogenated alkanes) is 3. The molecule has 0 spiro atoms. The molecule has 0 radical (unpaired) electrons. The van der Waals surface area contributed by atoms with E-state index in [1.807, 2.05) is 0 Å². The molecule has 1 aliphatic heterocycles. The number of aliphatic hydroxyl groups excluding tert-OH is 1. The zero-order valence-electron chi connectivity index (χ0n) is 18.8. The molecule has 1 unspecified atom stereocenters. The molecule has 3 atom stereocenters. The van der Waals surface area contributed by atoms with Crippen molar-refractivity contribution in [2.24, 2.45) is 0 Å². The summed E-state index contributed by atoms with van der Waals surface area (Å²) in [6.07, 6.45) is 5.54. The molecule has 0 aromatic heterocycles. The maximum absolute atomic E-state index is 12.7. The number of aliphatic hydroxyl groups is 1. The number of nitriles is 1. The highest BCUT2D eigenvalue weighted by Crippen LogP contribution is 2.48. The molecule has 1 aliphatic rings. The first-order valence-electron chi connectivity index (χ1n) is 11.0. The standard InChI is InChI=1S/C21H40N3O4P/c1-6-7-8-9-11-21(26)23-15-20(14-19(23)16-25)28-29(27-13-10-12-22)24(17(2)3)18(4)5/h17-20,25H,6-11,13-16H2,1-5H3/t19-,20+,29?/m0/s1. The van der Waals surface area contributed by atoms with Crippen LogP contribution in [0.3, 0.4) is 0 Å². The Labute approximate surface area is 178 Å². The lowest BCUT2D eigenvalue weighted by Gasteiger charge is -2.36. The van der Waals surface area contributed by atoms with E-state index >= 15 is 0 Å². The number of amides is 1. The van der Waals surface area contributed by atoms with E-state index in [4.69, 9.17) is 14.3 Å². The van der Waals surface area contributed by atoms with E-state index in [0.29, 0.717) is 32.4 Å². The SMILES string of the molecule is CCCCCCC(=O)N1C[C@H](OP(OCCC#N)N(C(C)C)C(C)C)C[C@H]1CO. The van der Waals surface area contributed by atoms with Crippen molar-refractivity contribution in [2.45, 2.75) is 104 Å². The van der Waals surface area contributed by atoms with Gasteiger partial charge in [-0.25, -0.2) is 4.67 Å². The van der Waals surface area contributed by atoms with Crippen molar-refractivity contribution in [1.29, 1.82) is 5.26 Å². The first-order chi connectivity index (χ1) is 13.8. The Morgan fingerprint density at radius 3 is 2.52 bits per heavy atom. The Kier molecular flexibility index (Phi) is 12.9. The number of hydrogen-bond donors (Lipinski definition) is 1. The van der Waals surface area contributed by atoms with Crippen LogP contribution in [0.15, 0.2) is 0 Å². The largest absolute Gasteiger partial charge is 0.394 e. The molecule has 7 nitrogen and oxygen atoms in total. The first-order valence-corrected chi connectivity index (χ1v) is 12.1. The van der Waals surface area contributed by atoms with Gasteiger partial charge in [-0.1, -0.05) is 26.2 Å². The number of nitrogens with zero attached hydrogens (tertiary/aromatic N) is 3. The van der Waals surface area contributed by atoms with E-state index in [0.717, 1.165) is 25.7 Å². The zero-order chi connectivity index (χ0) is 21.8. The fourth-order valence-electron chi connectivity index (χ4n) is 3.70. The third-order valence-electron chi connectivity index (χ3n) is 5.05. The first kappa shape index (κ1) is 26.3. The minimum atomic E-state index is -1.34. The Hall–Kier alpha value is -0.770. The van der Waals surface area contributed by atoms with E-state index in [-0.39, 0.29) is 36.7 Å². The molecular weight excluding hydrogens is 389 g/mol. The van der Waals surface area contributed by atoms with Gasteiger partial charge in [0.05, 0.1) is 37.8 Å². The van der Waals surface area contributed by atoms with E-state index in [1.165, 1.54) is 0 Å². The lowest BCUT2D eigenvalue weighted by molar-refractivity contribution is -0.133. The second-order valence-electron chi connectivity index (χ2n) is 8.20. The van der Waals surface area contributed by atoms with Crippen LogP contribution in [0, 0.1) is 11.3 Å². The van der Waals surface area contributed by atoms with Crippen molar-refractivity contribution in [3.63, 3.8) is 0 Å². The van der Waals surface area contributed by atoms with E-state index in [2.05, 4.69) is 45.4 Å². The molecule has 168 valence electrons. The molecule has 0 aromatic rings. The highest BCUT2D eigenvalue weighted by molar-refractivity contribution is 7.44. The summed E-state index contributed by atoms with van der Waals surface area (Å²) >= 11 is 0. The van der Waals surface area contributed by atoms with Crippen LogP contribution < -0.4 is 0 Å². The summed E-state index contributed by atoms with van der Waals surface area (Å²) in [6, 6.07) is 2.37. The van der Waals surface area contributed by atoms with Gasteiger partial charge in [-0.15, -0.1) is 0 Å². The molecule has 0 saturated carbocycles. The molecule has 1 fully saturated rings. The van der Waals surface area contributed by atoms with Crippen molar-refractivity contribution in [1.82, 2.24) is 9.57 Å². The average molecular weight is 430 g/mol. The van der Waals surface area contributed by atoms with Crippen molar-refractivity contribution in [3.8, 4) is 6.07 Å². The minimum Gasteiger partial charge on any atom is -0.394 e. The number of hydrogen-bond acceptors (Lipinski definition) is 6. The van der Waals surface area contributed by atoms with E-state index < -0.39 is 8.53 Å². The Bertz CT molecular complexity index is 505. The minimum absolute atomic E-state index is 0.0498. The van der Waals surface area contributed by atoms with Gasteiger partial charge >= 0.3 is 0 Å². The molecule has 1 N–H and O–H groups in total. The summed E-state index contributed by atoms with van der Waals surface area (Å²) in [6.45, 7) is 11.3. The molecule has 1 rings (SSSR count). The Morgan fingerprint density at radius 1 is 1.28 bits per heavy atom. The fraction of sp³-hybridized carbons (Fsp3) is 0.905. The van der Waals surface area contributed by atoms with Gasteiger partial charge in [-0.2, -0.15) is 5.26 Å². The van der Waals surface area contributed by atoms with Crippen LogP contribution in [-0.2, 0) is 13.8 Å². The van der Waals surface area contributed by atoms with Gasteiger partial charge in [-0.3, -0.25) is 4.79 Å². The average Bonchev–Trinajstić information content (AvgIpc) is 3.07. The normalized spacial score (nSPS) is 20.6. The molecule has 0 aliphatic carbocycles. The van der Waals surface area contributed by atoms with Crippen LogP contribution in [-0.4, -0.2) is 64.6 Å². The van der Waals surface area contributed by atoms with Gasteiger partial charge in [0.2, 0.25) is 5.91 Å². The predicted molar refractivity (Wildman–Crippen MR) is 116 cm³/mol. The molecule has 29 heavy (non-hydrogen) atoms. The van der Waals surface area contributed by atoms with Gasteiger partial charge in [0.25, 0.3) is 8.53 Å². The van der Waals surface area contributed by atoms with E-state index in [1.54, 1.807) is 4.90 Å². The highest BCUT2D eigenvalue weighted by Gasteiger charge is 2.38. The highest BCUT2D eigenvalue weighted by atomic mass is 31.2. The van der Waals surface area contributed by atoms with Crippen molar-refractivity contribution in [2.75, 3.05) is 19.8 Å². The van der Waals surface area contributed by atoms with Crippen LogP contribution in [0.25, 0.3) is 0 Å². The van der Waals surface area contributed by atoms with Crippen molar-refractivity contribution in [3.05, 3.63) is 0 Å². The molecule has 1 heterocycles. The van der Waals surface area contributed by atoms with Gasteiger partial charge < -0.3 is 19.1 Å². The third-order valence-corrected chi connectivity index (χ3v) is 7.24. The lowest BCUT2D eigenvalue weighted by atomic mass is 10.1. The molecule has 8 heteroatoms. The third kappa shape index (κ3) is 8.86. The molecular formula is C21H40N3O4P. The van der Waals surface area contributed by atoms with Crippen LogP contribution in [0.4, 0.5) is 0 Å². The van der Waals surface area contributed by atoms with Gasteiger partial charge in [0, 0.05) is 25.0 Å². The zero-order valence-corrected chi connectivity index (χ0v) is 19.7. The summed E-state index contributed by atoms with van der Waals surface area (Å²) < 4.78 is 14.5. The predicted octanol–water partition coefficient (Wildman–Crippen LogP) is 4.21. The Morgan fingerprint density at radius 2 is 1.97 bits per heavy atom. The van der Waals surface area contributed by atoms with E-state index in [9.17, 15) is 9.90 Å². The smallest absolute Gasteiger partial charge is 0.259 e. The Balaban J connectivity index is 2.75. The quantitative estimate of drug-likeness (QED) is 0.329. The topological polar surface area (TPSA) is 86.0 Å². The monoisotopic (exact) mass is 429 g/mol. The number of rotatable bonds is 14. The van der Waals surface area contributed by atoms with Crippen LogP contribution in [0.1, 0.15) is 79.6 Å². The van der Waals surface area contributed by atoms with Gasteiger partial charge in [0.15, 0.2) is 0 Å². The molecule has 0 bridgehead atoms. The van der Waals surface area contributed by atoms with Gasteiger partial charge in [-0.05, 0) is 40.5 Å². The summed E-state index contributed by atoms with van der Waals surface area (Å²) in [5, 5.41) is 18.6. The number of likely N-dealkylation sites (tertiary alicyclic amines) is 1. The number of carbonyl (C=O) groups excluding carboxylic acids is 1.